The number of nitrogens with zero attached hydrogens (tertiary/aromatic N) is 3. The predicted molar refractivity (Wildman–Crippen MR) is 122 cm³/mol. The summed E-state index contributed by atoms with van der Waals surface area (Å²) in [5.41, 5.74) is 0.852. The van der Waals surface area contributed by atoms with E-state index in [1.54, 1.807) is 24.3 Å². The summed E-state index contributed by atoms with van der Waals surface area (Å²) in [6, 6.07) is 10.5. The van der Waals surface area contributed by atoms with Gasteiger partial charge in [-0.3, -0.25) is 4.57 Å². The Hall–Kier alpha value is -1.37. The van der Waals surface area contributed by atoms with Crippen molar-refractivity contribution < 1.29 is 4.74 Å². The molecular formula is C20H17Cl4N3OS. The molecule has 9 heteroatoms. The maximum atomic E-state index is 6.27. The van der Waals surface area contributed by atoms with E-state index in [9.17, 15) is 0 Å². The summed E-state index contributed by atoms with van der Waals surface area (Å²) in [5.74, 6) is 1.69. The van der Waals surface area contributed by atoms with Crippen LogP contribution in [0.4, 0.5) is 0 Å². The molecule has 1 aromatic heterocycles. The summed E-state index contributed by atoms with van der Waals surface area (Å²) < 4.78 is 7.92. The molecular weight excluding hydrogens is 472 g/mol. The fourth-order valence-corrected chi connectivity index (χ4v) is 4.65. The van der Waals surface area contributed by atoms with Gasteiger partial charge in [0.1, 0.15) is 5.75 Å². The fourth-order valence-electron chi connectivity index (χ4n) is 2.63. The number of hydrogen-bond acceptors (Lipinski definition) is 4. The third-order valence-corrected chi connectivity index (χ3v) is 6.27. The second kappa shape index (κ2) is 10.1. The van der Waals surface area contributed by atoms with Gasteiger partial charge in [-0.05, 0) is 36.8 Å². The van der Waals surface area contributed by atoms with Gasteiger partial charge >= 0.3 is 0 Å². The number of ether oxygens (including phenoxy) is 1. The lowest BCUT2D eigenvalue weighted by Gasteiger charge is -2.17. The van der Waals surface area contributed by atoms with Crippen LogP contribution >= 0.6 is 58.2 Å². The minimum Gasteiger partial charge on any atom is -0.481 e. The van der Waals surface area contributed by atoms with Gasteiger partial charge in [-0.15, -0.1) is 16.8 Å². The van der Waals surface area contributed by atoms with Crippen molar-refractivity contribution in [3.05, 3.63) is 80.5 Å². The van der Waals surface area contributed by atoms with Crippen LogP contribution in [-0.2, 0) is 12.3 Å². The molecule has 1 unspecified atom stereocenters. The highest BCUT2D eigenvalue weighted by molar-refractivity contribution is 7.98. The number of allylic oxidation sites excluding steroid dienone is 1. The number of hydrogen-bond donors (Lipinski definition) is 0. The Balaban J connectivity index is 1.82. The minimum absolute atomic E-state index is 0.406. The molecule has 0 radical (unpaired) electrons. The normalized spacial score (nSPS) is 12.0. The van der Waals surface area contributed by atoms with Crippen LogP contribution in [0.5, 0.6) is 5.75 Å². The van der Waals surface area contributed by atoms with Gasteiger partial charge in [-0.2, -0.15) is 0 Å². The predicted octanol–water partition coefficient (Wildman–Crippen LogP) is 7.51. The lowest BCUT2D eigenvalue weighted by molar-refractivity contribution is 0.210. The van der Waals surface area contributed by atoms with Crippen LogP contribution in [0.25, 0.3) is 0 Å². The van der Waals surface area contributed by atoms with Gasteiger partial charge in [-0.1, -0.05) is 70.3 Å². The van der Waals surface area contributed by atoms with Crippen molar-refractivity contribution >= 4 is 58.2 Å². The van der Waals surface area contributed by atoms with E-state index in [1.807, 2.05) is 29.7 Å². The molecule has 0 aliphatic carbocycles. The topological polar surface area (TPSA) is 39.9 Å². The Morgan fingerprint density at radius 2 is 1.83 bits per heavy atom. The first-order chi connectivity index (χ1) is 13.9. The van der Waals surface area contributed by atoms with Crippen molar-refractivity contribution in [2.45, 2.75) is 30.5 Å². The lowest BCUT2D eigenvalue weighted by Crippen LogP contribution is -2.12. The van der Waals surface area contributed by atoms with Crippen LogP contribution in [0, 0.1) is 0 Å². The molecule has 0 N–H and O–H groups in total. The third kappa shape index (κ3) is 5.41. The van der Waals surface area contributed by atoms with E-state index in [-0.39, 0.29) is 0 Å². The average Bonchev–Trinajstić information content (AvgIpc) is 3.07. The molecule has 0 saturated carbocycles. The number of aromatic nitrogens is 3. The van der Waals surface area contributed by atoms with Gasteiger partial charge in [0, 0.05) is 33.4 Å². The molecule has 1 heterocycles. The van der Waals surface area contributed by atoms with Crippen LogP contribution in [-0.4, -0.2) is 14.8 Å². The zero-order valence-corrected chi connectivity index (χ0v) is 19.3. The van der Waals surface area contributed by atoms with Crippen LogP contribution in [0.2, 0.25) is 20.1 Å². The quantitative estimate of drug-likeness (QED) is 0.243. The Labute approximate surface area is 193 Å². The smallest absolute Gasteiger partial charge is 0.191 e. The van der Waals surface area contributed by atoms with Gasteiger partial charge in [0.2, 0.25) is 0 Å². The van der Waals surface area contributed by atoms with Gasteiger partial charge in [0.05, 0.1) is 5.02 Å². The first-order valence-corrected chi connectivity index (χ1v) is 11.1. The Morgan fingerprint density at radius 1 is 1.10 bits per heavy atom. The standard InChI is InChI=1S/C20H17Cl4N3OS/c1-3-9-27-19(12(2)28-18-10-13(21)7-8-17(18)24)25-26-20(27)29-11-14-15(22)5-4-6-16(14)23/h3-8,10,12H,1,9,11H2,2H3. The molecule has 0 saturated heterocycles. The van der Waals surface area contributed by atoms with Crippen molar-refractivity contribution in [1.82, 2.24) is 14.8 Å². The second-order valence-electron chi connectivity index (χ2n) is 6.06. The first kappa shape index (κ1) is 22.3. The van der Waals surface area contributed by atoms with E-state index in [2.05, 4.69) is 16.8 Å². The molecule has 3 aromatic rings. The van der Waals surface area contributed by atoms with Crippen molar-refractivity contribution in [1.29, 1.82) is 0 Å². The molecule has 4 nitrogen and oxygen atoms in total. The summed E-state index contributed by atoms with van der Waals surface area (Å²) in [5, 5.41) is 11.6. The fraction of sp³-hybridized carbons (Fsp3) is 0.200. The summed E-state index contributed by atoms with van der Waals surface area (Å²) >= 11 is 26.3. The van der Waals surface area contributed by atoms with Crippen LogP contribution in [0.1, 0.15) is 24.4 Å². The largest absolute Gasteiger partial charge is 0.481 e. The first-order valence-electron chi connectivity index (χ1n) is 8.62. The highest BCUT2D eigenvalue weighted by Crippen LogP contribution is 2.34. The highest BCUT2D eigenvalue weighted by atomic mass is 35.5. The van der Waals surface area contributed by atoms with Gasteiger partial charge in [0.25, 0.3) is 0 Å². The number of benzene rings is 2. The Morgan fingerprint density at radius 3 is 2.52 bits per heavy atom. The Kier molecular flexibility index (Phi) is 7.77. The Bertz CT molecular complexity index is 1000. The van der Waals surface area contributed by atoms with Crippen LogP contribution < -0.4 is 4.74 Å². The molecule has 0 aliphatic heterocycles. The zero-order chi connectivity index (χ0) is 21.0. The molecule has 0 fully saturated rings. The number of thioether (sulfide) groups is 1. The minimum atomic E-state index is -0.406. The summed E-state index contributed by atoms with van der Waals surface area (Å²) in [4.78, 5) is 0. The molecule has 0 aliphatic rings. The summed E-state index contributed by atoms with van der Waals surface area (Å²) in [7, 11) is 0. The zero-order valence-electron chi connectivity index (χ0n) is 15.4. The highest BCUT2D eigenvalue weighted by Gasteiger charge is 2.20. The molecule has 152 valence electrons. The molecule has 2 aromatic carbocycles. The van der Waals surface area contributed by atoms with Gasteiger partial charge in [0.15, 0.2) is 17.1 Å². The molecule has 3 rings (SSSR count). The monoisotopic (exact) mass is 487 g/mol. The molecule has 0 spiro atoms. The average molecular weight is 489 g/mol. The molecule has 0 bridgehead atoms. The van der Waals surface area contributed by atoms with E-state index in [0.717, 1.165) is 5.56 Å². The SMILES string of the molecule is C=CCn1c(SCc2c(Cl)cccc2Cl)nnc1C(C)Oc1cc(Cl)ccc1Cl. The van der Waals surface area contributed by atoms with E-state index in [4.69, 9.17) is 51.1 Å². The molecule has 0 amide bonds. The molecule has 29 heavy (non-hydrogen) atoms. The molecule has 1 atom stereocenters. The third-order valence-electron chi connectivity index (χ3n) is 4.03. The van der Waals surface area contributed by atoms with E-state index in [0.29, 0.717) is 49.1 Å². The van der Waals surface area contributed by atoms with E-state index < -0.39 is 6.10 Å². The van der Waals surface area contributed by atoms with Gasteiger partial charge in [-0.25, -0.2) is 0 Å². The number of halogens is 4. The van der Waals surface area contributed by atoms with Crippen LogP contribution in [0.15, 0.2) is 54.2 Å². The number of rotatable bonds is 8. The van der Waals surface area contributed by atoms with Crippen molar-refractivity contribution in [3.8, 4) is 5.75 Å². The maximum Gasteiger partial charge on any atom is 0.191 e. The van der Waals surface area contributed by atoms with Crippen molar-refractivity contribution in [2.75, 3.05) is 0 Å². The van der Waals surface area contributed by atoms with Crippen LogP contribution in [0.3, 0.4) is 0 Å². The van der Waals surface area contributed by atoms with E-state index in [1.165, 1.54) is 11.8 Å². The second-order valence-corrected chi connectivity index (χ2v) is 8.66. The summed E-state index contributed by atoms with van der Waals surface area (Å²) in [6.45, 7) is 6.23. The van der Waals surface area contributed by atoms with Crippen molar-refractivity contribution in [3.63, 3.8) is 0 Å². The lowest BCUT2D eigenvalue weighted by atomic mass is 10.2. The summed E-state index contributed by atoms with van der Waals surface area (Å²) in [6.07, 6.45) is 1.37. The van der Waals surface area contributed by atoms with E-state index >= 15 is 0 Å². The maximum absolute atomic E-state index is 6.27. The van der Waals surface area contributed by atoms with Crippen molar-refractivity contribution in [2.24, 2.45) is 0 Å². The van der Waals surface area contributed by atoms with Gasteiger partial charge < -0.3 is 4.74 Å².